The first-order valence-corrected chi connectivity index (χ1v) is 16.9. The second-order valence-corrected chi connectivity index (χ2v) is 15.5. The molecule has 1 amide bonds. The van der Waals surface area contributed by atoms with Crippen molar-refractivity contribution in [2.45, 2.75) is 110 Å². The highest BCUT2D eigenvalue weighted by Crippen LogP contribution is 2.65. The number of carbonyl (C=O) groups is 3. The fourth-order valence-corrected chi connectivity index (χ4v) is 11.1. The molecule has 6 nitrogen and oxygen atoms in total. The maximum absolute atomic E-state index is 13.5. The van der Waals surface area contributed by atoms with Gasteiger partial charge in [-0.2, -0.15) is 0 Å². The number of hydrogen-bond donors (Lipinski definition) is 0. The number of allylic oxidation sites excluding steroid dienone is 1. The number of ether oxygens (including phenoxy) is 2. The predicted octanol–water partition coefficient (Wildman–Crippen LogP) is 7.15. The number of amides is 1. The van der Waals surface area contributed by atoms with Crippen molar-refractivity contribution in [1.29, 1.82) is 0 Å². The summed E-state index contributed by atoms with van der Waals surface area (Å²) in [5, 5.41) is 0. The zero-order valence-corrected chi connectivity index (χ0v) is 26.4. The van der Waals surface area contributed by atoms with Crippen molar-refractivity contribution in [3.05, 3.63) is 47.0 Å². The van der Waals surface area contributed by atoms with Gasteiger partial charge in [-0.05, 0) is 98.9 Å². The number of nitrogens with zero attached hydrogens (tertiary/aromatic N) is 1. The molecule has 0 aromatic heterocycles. The zero-order valence-electron chi connectivity index (χ0n) is 26.4. The Labute approximate surface area is 256 Å². The van der Waals surface area contributed by atoms with Crippen molar-refractivity contribution in [3.8, 4) is 0 Å². The third kappa shape index (κ3) is 4.73. The Balaban J connectivity index is 1.11. The molecular formula is C37H49NO5. The topological polar surface area (TPSA) is 72.9 Å². The van der Waals surface area contributed by atoms with Crippen LogP contribution in [0.2, 0.25) is 0 Å². The lowest BCUT2D eigenvalue weighted by Gasteiger charge is -2.53. The first-order valence-electron chi connectivity index (χ1n) is 16.9. The monoisotopic (exact) mass is 587 g/mol. The van der Waals surface area contributed by atoms with Crippen LogP contribution in [0.15, 0.2) is 41.5 Å². The molecule has 7 rings (SSSR count). The van der Waals surface area contributed by atoms with Crippen LogP contribution in [0.5, 0.6) is 0 Å². The summed E-state index contributed by atoms with van der Waals surface area (Å²) in [7, 11) is 0. The van der Waals surface area contributed by atoms with E-state index in [4.69, 9.17) is 9.47 Å². The smallest absolute Gasteiger partial charge is 0.410 e. The van der Waals surface area contributed by atoms with E-state index in [1.807, 2.05) is 35.2 Å². The van der Waals surface area contributed by atoms with Crippen LogP contribution < -0.4 is 0 Å². The minimum atomic E-state index is -0.412. The van der Waals surface area contributed by atoms with Gasteiger partial charge in [-0.3, -0.25) is 4.79 Å². The van der Waals surface area contributed by atoms with E-state index in [1.165, 1.54) is 12.0 Å². The molecule has 3 saturated carbocycles. The van der Waals surface area contributed by atoms with Crippen molar-refractivity contribution in [1.82, 2.24) is 4.90 Å². The van der Waals surface area contributed by atoms with Crippen molar-refractivity contribution < 1.29 is 23.9 Å². The Morgan fingerprint density at radius 2 is 1.93 bits per heavy atom. The van der Waals surface area contributed by atoms with Gasteiger partial charge in [0.2, 0.25) is 0 Å². The van der Waals surface area contributed by atoms with Crippen molar-refractivity contribution >= 4 is 18.2 Å². The van der Waals surface area contributed by atoms with Crippen molar-refractivity contribution in [2.75, 3.05) is 6.54 Å². The maximum Gasteiger partial charge on any atom is 0.410 e. The van der Waals surface area contributed by atoms with E-state index in [-0.39, 0.29) is 41.0 Å². The van der Waals surface area contributed by atoms with Gasteiger partial charge in [-0.25, -0.2) is 4.79 Å². The minimum Gasteiger partial charge on any atom is -0.445 e. The molecule has 6 aliphatic rings. The summed E-state index contributed by atoms with van der Waals surface area (Å²) in [5.41, 5.74) is 3.96. The van der Waals surface area contributed by atoms with E-state index in [0.29, 0.717) is 42.6 Å². The van der Waals surface area contributed by atoms with Gasteiger partial charge in [0.1, 0.15) is 18.7 Å². The SMILES string of the molecule is CC1=C2C[C@H]3[C@@H](CC[C@H]4CC(=O)C(C=O)C[C@@]43C)[C@@H]2CC[C@@]2(C1)O[C@@H]1C[C@H](C)CN(C(=O)OCc3ccccc3)[C@H]1[C@H]2C. The van der Waals surface area contributed by atoms with Gasteiger partial charge in [-0.1, -0.05) is 62.2 Å². The number of hydrogen-bond acceptors (Lipinski definition) is 5. The fraction of sp³-hybridized carbons (Fsp3) is 0.703. The number of rotatable bonds is 3. The Hall–Kier alpha value is -2.47. The number of likely N-dealkylation sites (tertiary alicyclic amines) is 1. The zero-order chi connectivity index (χ0) is 30.1. The van der Waals surface area contributed by atoms with Crippen LogP contribution in [0.25, 0.3) is 0 Å². The molecule has 1 aromatic rings. The molecule has 43 heavy (non-hydrogen) atoms. The summed E-state index contributed by atoms with van der Waals surface area (Å²) in [6, 6.07) is 9.96. The van der Waals surface area contributed by atoms with Crippen LogP contribution in [0, 0.1) is 46.8 Å². The van der Waals surface area contributed by atoms with Gasteiger partial charge in [0.15, 0.2) is 0 Å². The van der Waals surface area contributed by atoms with E-state index < -0.39 is 5.92 Å². The molecule has 2 aliphatic heterocycles. The molecule has 5 fully saturated rings. The number of piperidine rings is 1. The van der Waals surface area contributed by atoms with E-state index in [1.54, 1.807) is 5.57 Å². The molecule has 2 saturated heterocycles. The molecule has 1 aromatic carbocycles. The summed E-state index contributed by atoms with van der Waals surface area (Å²) in [4.78, 5) is 40.0. The van der Waals surface area contributed by atoms with Crippen LogP contribution in [-0.4, -0.2) is 47.4 Å². The summed E-state index contributed by atoms with van der Waals surface area (Å²) in [5.74, 6) is 2.53. The van der Waals surface area contributed by atoms with Gasteiger partial charge in [0, 0.05) is 18.9 Å². The molecule has 4 aliphatic carbocycles. The van der Waals surface area contributed by atoms with Gasteiger partial charge in [0.05, 0.1) is 23.7 Å². The standard InChI is InChI=1S/C37H49NO5/c1-22-14-33-34(38(19-22)35(41)42-21-25-8-6-5-7-9-25)24(3)37(43-33)13-12-28-29-11-10-27-15-32(40)26(20-39)18-36(27,4)31(29)16-30(28)23(2)17-37/h5-9,20,22,24,26-29,31,33-34H,10-19,21H2,1-4H3/t22-,24+,26?,27-,28-,29-,31-,33+,34-,36-,37-/m0/s1. The van der Waals surface area contributed by atoms with Gasteiger partial charge < -0.3 is 19.2 Å². The van der Waals surface area contributed by atoms with Gasteiger partial charge in [-0.15, -0.1) is 0 Å². The highest BCUT2D eigenvalue weighted by atomic mass is 16.6. The molecule has 1 spiro atoms. The average Bonchev–Trinajstić information content (AvgIpc) is 3.46. The van der Waals surface area contributed by atoms with Gasteiger partial charge in [0.25, 0.3) is 0 Å². The second-order valence-electron chi connectivity index (χ2n) is 15.5. The third-order valence-electron chi connectivity index (χ3n) is 13.3. The van der Waals surface area contributed by atoms with E-state index in [2.05, 4.69) is 27.7 Å². The van der Waals surface area contributed by atoms with Crippen LogP contribution in [0.3, 0.4) is 0 Å². The van der Waals surface area contributed by atoms with Crippen molar-refractivity contribution in [3.63, 3.8) is 0 Å². The predicted molar refractivity (Wildman–Crippen MR) is 164 cm³/mol. The number of ketones is 1. The lowest BCUT2D eigenvalue weighted by atomic mass is 9.51. The summed E-state index contributed by atoms with van der Waals surface area (Å²) in [6.07, 6.45) is 9.56. The largest absolute Gasteiger partial charge is 0.445 e. The first kappa shape index (κ1) is 29.3. The van der Waals surface area contributed by atoms with E-state index >= 15 is 0 Å². The van der Waals surface area contributed by atoms with Crippen LogP contribution >= 0.6 is 0 Å². The molecule has 232 valence electrons. The van der Waals surface area contributed by atoms with Crippen LogP contribution in [-0.2, 0) is 25.7 Å². The molecule has 11 atom stereocenters. The number of carbonyl (C=O) groups excluding carboxylic acids is 3. The quantitative estimate of drug-likeness (QED) is 0.213. The number of fused-ring (bicyclic) bond motifs is 6. The molecule has 0 N–H and O–H groups in total. The lowest BCUT2D eigenvalue weighted by Crippen LogP contribution is -2.54. The van der Waals surface area contributed by atoms with E-state index in [0.717, 1.165) is 63.3 Å². The van der Waals surface area contributed by atoms with E-state index in [9.17, 15) is 14.4 Å². The Bertz CT molecular complexity index is 1310. The third-order valence-corrected chi connectivity index (χ3v) is 13.3. The molecule has 0 bridgehead atoms. The minimum absolute atomic E-state index is 0.0392. The molecular weight excluding hydrogens is 538 g/mol. The molecule has 2 heterocycles. The number of benzene rings is 1. The summed E-state index contributed by atoms with van der Waals surface area (Å²) >= 11 is 0. The molecule has 0 radical (unpaired) electrons. The molecule has 1 unspecified atom stereocenters. The molecule has 6 heteroatoms. The fourth-order valence-electron chi connectivity index (χ4n) is 11.1. The average molecular weight is 588 g/mol. The number of aldehydes is 1. The maximum atomic E-state index is 13.5. The lowest BCUT2D eigenvalue weighted by molar-refractivity contribution is -0.140. The number of Topliss-reactive ketones (excluding diaryl/α,β-unsaturated/α-hetero) is 1. The Morgan fingerprint density at radius 1 is 1.14 bits per heavy atom. The first-order chi connectivity index (χ1) is 20.6. The van der Waals surface area contributed by atoms with Gasteiger partial charge >= 0.3 is 6.09 Å². The summed E-state index contributed by atoms with van der Waals surface area (Å²) < 4.78 is 13.0. The second kappa shape index (κ2) is 10.9. The van der Waals surface area contributed by atoms with Crippen LogP contribution in [0.1, 0.15) is 91.0 Å². The Kier molecular flexibility index (Phi) is 7.38. The highest BCUT2D eigenvalue weighted by Gasteiger charge is 2.61. The summed E-state index contributed by atoms with van der Waals surface area (Å²) in [6.45, 7) is 10.3. The highest BCUT2D eigenvalue weighted by molar-refractivity contribution is 5.94. The Morgan fingerprint density at radius 3 is 2.70 bits per heavy atom. The van der Waals surface area contributed by atoms with Crippen molar-refractivity contribution in [2.24, 2.45) is 46.8 Å². The normalized spacial score (nSPS) is 43.9. The van der Waals surface area contributed by atoms with Crippen LogP contribution in [0.4, 0.5) is 4.79 Å².